The fraction of sp³-hybridized carbons (Fsp3) is 0.333. The quantitative estimate of drug-likeness (QED) is 0.467. The van der Waals surface area contributed by atoms with Gasteiger partial charge in [-0.1, -0.05) is 29.8 Å². The molecule has 0 aliphatic rings. The number of amides is 1. The number of nitrogens with zero attached hydrogens (tertiary/aromatic N) is 1. The molecular formula is C21H26ClFN4O. The molecule has 28 heavy (non-hydrogen) atoms. The highest BCUT2D eigenvalue weighted by atomic mass is 35.5. The van der Waals surface area contributed by atoms with Crippen LogP contribution in [0.2, 0.25) is 5.02 Å². The van der Waals surface area contributed by atoms with Gasteiger partial charge in [0.15, 0.2) is 5.96 Å². The highest BCUT2D eigenvalue weighted by Gasteiger charge is 2.07. The fourth-order valence-electron chi connectivity index (χ4n) is 2.73. The lowest BCUT2D eigenvalue weighted by atomic mass is 10.1. The molecule has 0 saturated carbocycles. The first-order valence-electron chi connectivity index (χ1n) is 9.31. The van der Waals surface area contributed by atoms with Gasteiger partial charge in [-0.05, 0) is 49.6 Å². The van der Waals surface area contributed by atoms with Crippen LogP contribution in [0.4, 0.5) is 4.39 Å². The molecule has 5 nitrogen and oxygen atoms in total. The lowest BCUT2D eigenvalue weighted by Crippen LogP contribution is -2.38. The molecule has 0 unspecified atom stereocenters. The molecule has 0 saturated heterocycles. The molecule has 0 radical (unpaired) electrons. The Labute approximate surface area is 170 Å². The van der Waals surface area contributed by atoms with Crippen molar-refractivity contribution >= 4 is 23.5 Å². The zero-order valence-electron chi connectivity index (χ0n) is 16.2. The molecule has 0 atom stereocenters. The third kappa shape index (κ3) is 6.53. The van der Waals surface area contributed by atoms with Crippen LogP contribution in [0, 0.1) is 5.82 Å². The Kier molecular flexibility index (Phi) is 8.75. The maximum Gasteiger partial charge on any atom is 0.251 e. The lowest BCUT2D eigenvalue weighted by molar-refractivity contribution is 0.0963. The minimum atomic E-state index is -0.309. The van der Waals surface area contributed by atoms with Crippen molar-refractivity contribution in [2.45, 2.75) is 19.8 Å². The van der Waals surface area contributed by atoms with Crippen molar-refractivity contribution < 1.29 is 9.18 Å². The predicted octanol–water partition coefficient (Wildman–Crippen LogP) is 3.18. The van der Waals surface area contributed by atoms with Gasteiger partial charge in [-0.25, -0.2) is 4.39 Å². The molecule has 0 bridgehead atoms. The maximum atomic E-state index is 13.8. The monoisotopic (exact) mass is 404 g/mol. The molecule has 2 aromatic carbocycles. The first-order chi connectivity index (χ1) is 13.5. The van der Waals surface area contributed by atoms with Gasteiger partial charge in [0.05, 0.1) is 0 Å². The van der Waals surface area contributed by atoms with Crippen molar-refractivity contribution in [3.63, 3.8) is 0 Å². The highest BCUT2D eigenvalue weighted by molar-refractivity contribution is 6.31. The van der Waals surface area contributed by atoms with Crippen molar-refractivity contribution in [2.75, 3.05) is 26.7 Å². The van der Waals surface area contributed by atoms with Crippen molar-refractivity contribution in [1.29, 1.82) is 0 Å². The molecule has 0 heterocycles. The van der Waals surface area contributed by atoms with E-state index in [1.807, 2.05) is 25.1 Å². The molecule has 0 spiro atoms. The summed E-state index contributed by atoms with van der Waals surface area (Å²) in [6.45, 7) is 3.78. The average molecular weight is 405 g/mol. The molecule has 0 aliphatic carbocycles. The SMILES string of the molecule is CCNC(=NCCc1c(F)cccc1Cl)NCCc1cccc(C(=O)NC)c1. The normalized spacial score (nSPS) is 11.2. The largest absolute Gasteiger partial charge is 0.357 e. The third-order valence-corrected chi connectivity index (χ3v) is 4.51. The molecule has 1 amide bonds. The second-order valence-corrected chi connectivity index (χ2v) is 6.57. The Balaban J connectivity index is 1.90. The lowest BCUT2D eigenvalue weighted by Gasteiger charge is -2.12. The van der Waals surface area contributed by atoms with E-state index < -0.39 is 0 Å². The zero-order chi connectivity index (χ0) is 20.4. The number of hydrogen-bond donors (Lipinski definition) is 3. The number of hydrogen-bond acceptors (Lipinski definition) is 2. The summed E-state index contributed by atoms with van der Waals surface area (Å²) in [6, 6.07) is 12.2. The second kappa shape index (κ2) is 11.3. The number of nitrogens with one attached hydrogen (secondary N) is 3. The van der Waals surface area contributed by atoms with Gasteiger partial charge in [-0.3, -0.25) is 9.79 Å². The predicted molar refractivity (Wildman–Crippen MR) is 113 cm³/mol. The number of halogens is 2. The van der Waals surface area contributed by atoms with E-state index >= 15 is 0 Å². The number of benzene rings is 2. The van der Waals surface area contributed by atoms with Crippen LogP contribution in [-0.2, 0) is 12.8 Å². The molecular weight excluding hydrogens is 379 g/mol. The first-order valence-corrected chi connectivity index (χ1v) is 9.69. The van der Waals surface area contributed by atoms with Crippen molar-refractivity contribution in [3.05, 3.63) is 70.0 Å². The van der Waals surface area contributed by atoms with Crippen LogP contribution in [0.15, 0.2) is 47.5 Å². The first kappa shape index (κ1) is 21.7. The summed E-state index contributed by atoms with van der Waals surface area (Å²) >= 11 is 6.05. The highest BCUT2D eigenvalue weighted by Crippen LogP contribution is 2.19. The fourth-order valence-corrected chi connectivity index (χ4v) is 2.99. The van der Waals surface area contributed by atoms with Gasteiger partial charge >= 0.3 is 0 Å². The summed E-state index contributed by atoms with van der Waals surface area (Å²) in [6.07, 6.45) is 1.17. The van der Waals surface area contributed by atoms with Gasteiger partial charge < -0.3 is 16.0 Å². The number of aliphatic imine (C=N–C) groups is 1. The molecule has 2 aromatic rings. The van der Waals surface area contributed by atoms with Crippen molar-refractivity contribution in [2.24, 2.45) is 4.99 Å². The molecule has 0 fully saturated rings. The number of carbonyl (C=O) groups is 1. The number of carbonyl (C=O) groups excluding carboxylic acids is 1. The van der Waals surface area contributed by atoms with Crippen LogP contribution >= 0.6 is 11.6 Å². The second-order valence-electron chi connectivity index (χ2n) is 6.17. The summed E-state index contributed by atoms with van der Waals surface area (Å²) in [7, 11) is 1.62. The van der Waals surface area contributed by atoms with E-state index in [2.05, 4.69) is 20.9 Å². The Morgan fingerprint density at radius 2 is 1.93 bits per heavy atom. The van der Waals surface area contributed by atoms with E-state index in [1.54, 1.807) is 25.2 Å². The zero-order valence-corrected chi connectivity index (χ0v) is 16.9. The van der Waals surface area contributed by atoms with Gasteiger partial charge in [0.1, 0.15) is 5.82 Å². The molecule has 0 aromatic heterocycles. The van der Waals surface area contributed by atoms with E-state index in [0.29, 0.717) is 41.6 Å². The Morgan fingerprint density at radius 1 is 1.14 bits per heavy atom. The van der Waals surface area contributed by atoms with E-state index in [0.717, 1.165) is 18.5 Å². The van der Waals surface area contributed by atoms with Crippen LogP contribution in [0.5, 0.6) is 0 Å². The van der Waals surface area contributed by atoms with Gasteiger partial charge in [0.2, 0.25) is 0 Å². The molecule has 3 N–H and O–H groups in total. The standard InChI is InChI=1S/C21H26ClFN4O/c1-3-25-21(27-13-11-17-18(22)8-5-9-19(17)23)26-12-10-15-6-4-7-16(14-15)20(28)24-2/h4-9,14H,3,10-13H2,1-2H3,(H,24,28)(H2,25,26,27). The topological polar surface area (TPSA) is 65.5 Å². The van der Waals surface area contributed by atoms with Gasteiger partial charge in [0.25, 0.3) is 5.91 Å². The average Bonchev–Trinajstić information content (AvgIpc) is 2.69. The van der Waals surface area contributed by atoms with Gasteiger partial charge in [-0.2, -0.15) is 0 Å². The van der Waals surface area contributed by atoms with Crippen molar-refractivity contribution in [3.8, 4) is 0 Å². The van der Waals surface area contributed by atoms with Crippen LogP contribution in [0.3, 0.4) is 0 Å². The maximum absolute atomic E-state index is 13.8. The Bertz CT molecular complexity index is 806. The number of rotatable bonds is 8. The van der Waals surface area contributed by atoms with E-state index in [4.69, 9.17) is 11.6 Å². The van der Waals surface area contributed by atoms with Crippen molar-refractivity contribution in [1.82, 2.24) is 16.0 Å². The summed E-state index contributed by atoms with van der Waals surface area (Å²) < 4.78 is 13.8. The van der Waals surface area contributed by atoms with Gasteiger partial charge in [0, 0.05) is 42.8 Å². The van der Waals surface area contributed by atoms with E-state index in [1.165, 1.54) is 6.07 Å². The van der Waals surface area contributed by atoms with Crippen LogP contribution in [0.25, 0.3) is 0 Å². The minimum absolute atomic E-state index is 0.100. The molecule has 0 aliphatic heterocycles. The van der Waals surface area contributed by atoms with Gasteiger partial charge in [-0.15, -0.1) is 0 Å². The Hall–Kier alpha value is -2.60. The van der Waals surface area contributed by atoms with E-state index in [-0.39, 0.29) is 11.7 Å². The smallest absolute Gasteiger partial charge is 0.251 e. The summed E-state index contributed by atoms with van der Waals surface area (Å²) in [4.78, 5) is 16.2. The number of guanidine groups is 1. The molecule has 150 valence electrons. The Morgan fingerprint density at radius 3 is 2.64 bits per heavy atom. The molecule has 2 rings (SSSR count). The summed E-state index contributed by atoms with van der Waals surface area (Å²) in [5.74, 6) is 0.255. The van der Waals surface area contributed by atoms with Crippen LogP contribution in [-0.4, -0.2) is 38.5 Å². The minimum Gasteiger partial charge on any atom is -0.357 e. The molecule has 7 heteroatoms. The van der Waals surface area contributed by atoms with E-state index in [9.17, 15) is 9.18 Å². The summed E-state index contributed by atoms with van der Waals surface area (Å²) in [5.41, 5.74) is 2.18. The summed E-state index contributed by atoms with van der Waals surface area (Å²) in [5, 5.41) is 9.47. The third-order valence-electron chi connectivity index (χ3n) is 4.16. The van der Waals surface area contributed by atoms with Crippen LogP contribution in [0.1, 0.15) is 28.4 Å². The van der Waals surface area contributed by atoms with Crippen LogP contribution < -0.4 is 16.0 Å².